The number of hydrogen-bond donors (Lipinski definition) is 0. The Morgan fingerprint density at radius 3 is 2.38 bits per heavy atom. The molecule has 0 spiro atoms. The Hall–Kier alpha value is -2.17. The summed E-state index contributed by atoms with van der Waals surface area (Å²) < 4.78 is 0. The highest BCUT2D eigenvalue weighted by Gasteiger charge is 2.37. The summed E-state index contributed by atoms with van der Waals surface area (Å²) in [5.74, 6) is 0.118. The third-order valence-corrected chi connectivity index (χ3v) is 5.77. The van der Waals surface area contributed by atoms with E-state index in [0.29, 0.717) is 45.4 Å². The van der Waals surface area contributed by atoms with Crippen molar-refractivity contribution in [3.05, 3.63) is 34.9 Å². The Bertz CT molecular complexity index is 720. The number of Topliss-reactive ketones (excluding diaryl/α,β-unsaturated/α-hetero) is 1. The van der Waals surface area contributed by atoms with Crippen LogP contribution in [0.25, 0.3) is 0 Å². The maximum atomic E-state index is 12.8. The average molecular weight is 356 g/mol. The highest BCUT2D eigenvalue weighted by molar-refractivity contribution is 5.99. The highest BCUT2D eigenvalue weighted by atomic mass is 16.2. The molecule has 26 heavy (non-hydrogen) atoms. The fourth-order valence-corrected chi connectivity index (χ4v) is 4.17. The summed E-state index contributed by atoms with van der Waals surface area (Å²) in [4.78, 5) is 41.0. The molecule has 0 saturated carbocycles. The number of hydrogen-bond acceptors (Lipinski definition) is 3. The van der Waals surface area contributed by atoms with Crippen LogP contribution >= 0.6 is 0 Å². The van der Waals surface area contributed by atoms with Crippen molar-refractivity contribution in [3.63, 3.8) is 0 Å². The molecule has 0 bridgehead atoms. The summed E-state index contributed by atoms with van der Waals surface area (Å²) in [7, 11) is 0. The second-order valence-electron chi connectivity index (χ2n) is 7.62. The molecule has 0 aliphatic carbocycles. The van der Waals surface area contributed by atoms with Crippen molar-refractivity contribution in [1.29, 1.82) is 0 Å². The minimum Gasteiger partial charge on any atom is -0.342 e. The molecule has 2 aliphatic heterocycles. The summed E-state index contributed by atoms with van der Waals surface area (Å²) in [6.45, 7) is 8.36. The molecule has 2 fully saturated rings. The molecule has 2 aliphatic rings. The Balaban J connectivity index is 1.58. The Kier molecular flexibility index (Phi) is 5.44. The molecule has 2 saturated heterocycles. The van der Waals surface area contributed by atoms with Gasteiger partial charge < -0.3 is 9.80 Å². The van der Waals surface area contributed by atoms with Crippen LogP contribution in [-0.4, -0.2) is 53.6 Å². The van der Waals surface area contributed by atoms with E-state index < -0.39 is 0 Å². The van der Waals surface area contributed by atoms with Gasteiger partial charge in [-0.05, 0) is 39.2 Å². The van der Waals surface area contributed by atoms with E-state index in [2.05, 4.69) is 0 Å². The quantitative estimate of drug-likeness (QED) is 0.779. The standard InChI is InChI=1S/C21H28N2O3/c1-4-22-13-17(12-19(22)24)21(26)23-9-7-16(8-10-23)20(25)18-6-5-14(2)11-15(18)3/h5-6,11,16-17H,4,7-10,12-13H2,1-3H3. The summed E-state index contributed by atoms with van der Waals surface area (Å²) >= 11 is 0. The zero-order valence-electron chi connectivity index (χ0n) is 16.0. The van der Waals surface area contributed by atoms with Crippen molar-refractivity contribution < 1.29 is 14.4 Å². The molecule has 0 radical (unpaired) electrons. The van der Waals surface area contributed by atoms with Crippen molar-refractivity contribution in [2.45, 2.75) is 40.0 Å². The van der Waals surface area contributed by atoms with Crippen molar-refractivity contribution >= 4 is 17.6 Å². The van der Waals surface area contributed by atoms with Crippen LogP contribution in [0.2, 0.25) is 0 Å². The number of ketones is 1. The van der Waals surface area contributed by atoms with Crippen LogP contribution in [0.1, 0.15) is 47.7 Å². The lowest BCUT2D eigenvalue weighted by atomic mass is 9.86. The second kappa shape index (κ2) is 7.60. The molecule has 1 unspecified atom stereocenters. The van der Waals surface area contributed by atoms with Gasteiger partial charge in [0.25, 0.3) is 0 Å². The summed E-state index contributed by atoms with van der Waals surface area (Å²) in [5, 5.41) is 0. The van der Waals surface area contributed by atoms with Crippen LogP contribution in [-0.2, 0) is 9.59 Å². The molecule has 1 aromatic carbocycles. The van der Waals surface area contributed by atoms with Gasteiger partial charge in [-0.1, -0.05) is 23.8 Å². The summed E-state index contributed by atoms with van der Waals surface area (Å²) in [5.41, 5.74) is 2.99. The molecular formula is C21H28N2O3. The van der Waals surface area contributed by atoms with Gasteiger partial charge in [0.05, 0.1) is 5.92 Å². The number of amides is 2. The first-order valence-corrected chi connectivity index (χ1v) is 9.58. The van der Waals surface area contributed by atoms with E-state index in [0.717, 1.165) is 16.7 Å². The molecule has 5 nitrogen and oxygen atoms in total. The maximum absolute atomic E-state index is 12.8. The van der Waals surface area contributed by atoms with Crippen molar-refractivity contribution in [2.24, 2.45) is 11.8 Å². The zero-order chi connectivity index (χ0) is 18.8. The van der Waals surface area contributed by atoms with Crippen LogP contribution in [0.5, 0.6) is 0 Å². The lowest BCUT2D eigenvalue weighted by Gasteiger charge is -2.33. The largest absolute Gasteiger partial charge is 0.342 e. The summed E-state index contributed by atoms with van der Waals surface area (Å²) in [6.07, 6.45) is 1.74. The third kappa shape index (κ3) is 3.67. The van der Waals surface area contributed by atoms with Crippen molar-refractivity contribution in [1.82, 2.24) is 9.80 Å². The Labute approximate surface area is 155 Å². The molecule has 2 heterocycles. The topological polar surface area (TPSA) is 57.7 Å². The number of rotatable bonds is 4. The average Bonchev–Trinajstić information content (AvgIpc) is 3.01. The van der Waals surface area contributed by atoms with Gasteiger partial charge in [0.1, 0.15) is 0 Å². The van der Waals surface area contributed by atoms with Gasteiger partial charge >= 0.3 is 0 Å². The second-order valence-corrected chi connectivity index (χ2v) is 7.62. The van der Waals surface area contributed by atoms with Crippen LogP contribution in [0, 0.1) is 25.7 Å². The molecular weight excluding hydrogens is 328 g/mol. The number of carbonyl (C=O) groups excluding carboxylic acids is 3. The molecule has 0 N–H and O–H groups in total. The fourth-order valence-electron chi connectivity index (χ4n) is 4.17. The van der Waals surface area contributed by atoms with Gasteiger partial charge in [-0.3, -0.25) is 14.4 Å². The van der Waals surface area contributed by atoms with E-state index in [1.807, 2.05) is 43.9 Å². The maximum Gasteiger partial charge on any atom is 0.227 e. The molecule has 1 atom stereocenters. The van der Waals surface area contributed by atoms with Gasteiger partial charge in [0.2, 0.25) is 11.8 Å². The molecule has 140 valence electrons. The first-order chi connectivity index (χ1) is 12.4. The van der Waals surface area contributed by atoms with Crippen LogP contribution in [0.15, 0.2) is 18.2 Å². The number of benzene rings is 1. The van der Waals surface area contributed by atoms with Gasteiger partial charge in [0.15, 0.2) is 5.78 Å². The minimum atomic E-state index is -0.214. The van der Waals surface area contributed by atoms with E-state index in [1.165, 1.54) is 0 Å². The number of aryl methyl sites for hydroxylation is 2. The van der Waals surface area contributed by atoms with Gasteiger partial charge in [0, 0.05) is 44.1 Å². The third-order valence-electron chi connectivity index (χ3n) is 5.77. The molecule has 1 aromatic rings. The number of piperidine rings is 1. The molecule has 0 aromatic heterocycles. The normalized spacial score (nSPS) is 21.3. The minimum absolute atomic E-state index is 0.0159. The smallest absolute Gasteiger partial charge is 0.227 e. The van der Waals surface area contributed by atoms with E-state index in [9.17, 15) is 14.4 Å². The van der Waals surface area contributed by atoms with E-state index in [1.54, 1.807) is 4.90 Å². The SMILES string of the molecule is CCN1CC(C(=O)N2CCC(C(=O)c3ccc(C)cc3C)CC2)CC1=O. The van der Waals surface area contributed by atoms with Gasteiger partial charge in [-0.2, -0.15) is 0 Å². The monoisotopic (exact) mass is 356 g/mol. The van der Waals surface area contributed by atoms with Gasteiger partial charge in [-0.25, -0.2) is 0 Å². The first kappa shape index (κ1) is 18.6. The van der Waals surface area contributed by atoms with Gasteiger partial charge in [-0.15, -0.1) is 0 Å². The lowest BCUT2D eigenvalue weighted by Crippen LogP contribution is -2.43. The Morgan fingerprint density at radius 2 is 1.81 bits per heavy atom. The summed E-state index contributed by atoms with van der Waals surface area (Å²) in [6, 6.07) is 5.95. The molecule has 5 heteroatoms. The number of carbonyl (C=O) groups is 3. The first-order valence-electron chi connectivity index (χ1n) is 9.58. The van der Waals surface area contributed by atoms with Crippen LogP contribution < -0.4 is 0 Å². The predicted octanol–water partition coefficient (Wildman–Crippen LogP) is 2.59. The van der Waals surface area contributed by atoms with Crippen LogP contribution in [0.3, 0.4) is 0 Å². The molecule has 3 rings (SSSR count). The lowest BCUT2D eigenvalue weighted by molar-refractivity contribution is -0.137. The molecule has 2 amide bonds. The fraction of sp³-hybridized carbons (Fsp3) is 0.571. The van der Waals surface area contributed by atoms with Crippen molar-refractivity contribution in [3.8, 4) is 0 Å². The van der Waals surface area contributed by atoms with E-state index in [-0.39, 0.29) is 29.4 Å². The predicted molar refractivity (Wildman–Crippen MR) is 99.9 cm³/mol. The zero-order valence-corrected chi connectivity index (χ0v) is 16.0. The van der Waals surface area contributed by atoms with E-state index >= 15 is 0 Å². The number of likely N-dealkylation sites (tertiary alicyclic amines) is 2. The highest BCUT2D eigenvalue weighted by Crippen LogP contribution is 2.27. The van der Waals surface area contributed by atoms with E-state index in [4.69, 9.17) is 0 Å². The van der Waals surface area contributed by atoms with Crippen molar-refractivity contribution in [2.75, 3.05) is 26.2 Å². The van der Waals surface area contributed by atoms with Crippen LogP contribution in [0.4, 0.5) is 0 Å². The Morgan fingerprint density at radius 1 is 1.12 bits per heavy atom. The number of nitrogens with zero attached hydrogens (tertiary/aromatic N) is 2.